The second kappa shape index (κ2) is 8.68. The summed E-state index contributed by atoms with van der Waals surface area (Å²) in [6.45, 7) is 5.49. The van der Waals surface area contributed by atoms with Crippen molar-refractivity contribution in [2.45, 2.75) is 44.3 Å². The number of ether oxygens (including phenoxy) is 2. The highest BCUT2D eigenvalue weighted by molar-refractivity contribution is 5.70. The van der Waals surface area contributed by atoms with Crippen molar-refractivity contribution in [3.05, 3.63) is 35.9 Å². The van der Waals surface area contributed by atoms with E-state index in [1.54, 1.807) is 4.90 Å². The van der Waals surface area contributed by atoms with Gasteiger partial charge in [-0.15, -0.1) is 0 Å². The standard InChI is InChI=1S/C20H30N2O3/c1-21-17-20(25-19(21)23)10-7-13-22(14-11-20)12-5-6-15-24-16-18-8-3-2-4-9-18/h2-4,8-9H,5-7,10-17H2,1H3/t20-/m0/s1. The van der Waals surface area contributed by atoms with Crippen molar-refractivity contribution in [2.75, 3.05) is 39.8 Å². The molecule has 2 aliphatic heterocycles. The summed E-state index contributed by atoms with van der Waals surface area (Å²) >= 11 is 0. The fourth-order valence-corrected chi connectivity index (χ4v) is 3.80. The lowest BCUT2D eigenvalue weighted by molar-refractivity contribution is 0.0443. The van der Waals surface area contributed by atoms with Crippen LogP contribution in [0.2, 0.25) is 0 Å². The molecule has 5 nitrogen and oxygen atoms in total. The zero-order valence-electron chi connectivity index (χ0n) is 15.3. The molecule has 5 heteroatoms. The summed E-state index contributed by atoms with van der Waals surface area (Å²) in [6.07, 6.45) is 5.12. The molecule has 0 radical (unpaired) electrons. The van der Waals surface area contributed by atoms with Gasteiger partial charge in [0.25, 0.3) is 0 Å². The van der Waals surface area contributed by atoms with E-state index in [1.807, 2.05) is 25.2 Å². The van der Waals surface area contributed by atoms with Gasteiger partial charge in [0.05, 0.1) is 13.2 Å². The van der Waals surface area contributed by atoms with Crippen LogP contribution in [0.15, 0.2) is 30.3 Å². The van der Waals surface area contributed by atoms with Crippen LogP contribution in [0.5, 0.6) is 0 Å². The van der Waals surface area contributed by atoms with Crippen LogP contribution in [0.25, 0.3) is 0 Å². The molecule has 2 heterocycles. The quantitative estimate of drug-likeness (QED) is 0.711. The molecule has 2 saturated heterocycles. The first-order valence-electron chi connectivity index (χ1n) is 9.45. The first kappa shape index (κ1) is 18.2. The zero-order chi connectivity index (χ0) is 17.5. The lowest BCUT2D eigenvalue weighted by Crippen LogP contribution is -2.35. The number of carbonyl (C=O) groups is 1. The minimum absolute atomic E-state index is 0.163. The number of likely N-dealkylation sites (N-methyl/N-ethyl adjacent to an activating group) is 1. The number of nitrogens with zero attached hydrogens (tertiary/aromatic N) is 2. The molecule has 0 saturated carbocycles. The van der Waals surface area contributed by atoms with E-state index >= 15 is 0 Å². The van der Waals surface area contributed by atoms with Crippen molar-refractivity contribution < 1.29 is 14.3 Å². The normalized spacial score (nSPS) is 24.5. The summed E-state index contributed by atoms with van der Waals surface area (Å²) in [5, 5.41) is 0. The summed E-state index contributed by atoms with van der Waals surface area (Å²) < 4.78 is 11.4. The highest BCUT2D eigenvalue weighted by atomic mass is 16.6. The fourth-order valence-electron chi connectivity index (χ4n) is 3.80. The van der Waals surface area contributed by atoms with E-state index in [1.165, 1.54) is 5.56 Å². The van der Waals surface area contributed by atoms with Crippen molar-refractivity contribution in [2.24, 2.45) is 0 Å². The van der Waals surface area contributed by atoms with E-state index in [4.69, 9.17) is 9.47 Å². The molecule has 1 aromatic rings. The minimum atomic E-state index is -0.237. The molecule has 3 rings (SSSR count). The minimum Gasteiger partial charge on any atom is -0.441 e. The van der Waals surface area contributed by atoms with Gasteiger partial charge in [0.1, 0.15) is 5.60 Å². The van der Waals surface area contributed by atoms with Gasteiger partial charge in [-0.05, 0) is 44.3 Å². The molecule has 2 fully saturated rings. The first-order valence-corrected chi connectivity index (χ1v) is 9.45. The number of benzene rings is 1. The molecule has 1 amide bonds. The Morgan fingerprint density at radius 3 is 2.76 bits per heavy atom. The van der Waals surface area contributed by atoms with E-state index in [-0.39, 0.29) is 11.7 Å². The third-order valence-electron chi connectivity index (χ3n) is 5.26. The molecule has 0 N–H and O–H groups in total. The number of likely N-dealkylation sites (tertiary alicyclic amines) is 1. The Kier molecular flexibility index (Phi) is 6.32. The van der Waals surface area contributed by atoms with Crippen molar-refractivity contribution in [3.63, 3.8) is 0 Å². The van der Waals surface area contributed by atoms with Gasteiger partial charge in [-0.1, -0.05) is 30.3 Å². The topological polar surface area (TPSA) is 42.0 Å². The average Bonchev–Trinajstić information content (AvgIpc) is 2.78. The van der Waals surface area contributed by atoms with Gasteiger partial charge in [0, 0.05) is 26.6 Å². The SMILES string of the molecule is CN1C[C@@]2(CCCN(CCCCOCc3ccccc3)CC2)OC1=O. The zero-order valence-corrected chi connectivity index (χ0v) is 15.3. The smallest absolute Gasteiger partial charge is 0.410 e. The highest BCUT2D eigenvalue weighted by Crippen LogP contribution is 2.32. The van der Waals surface area contributed by atoms with Crippen LogP contribution >= 0.6 is 0 Å². The van der Waals surface area contributed by atoms with Crippen LogP contribution in [0, 0.1) is 0 Å². The van der Waals surface area contributed by atoms with E-state index in [2.05, 4.69) is 17.0 Å². The van der Waals surface area contributed by atoms with Gasteiger partial charge in [0.15, 0.2) is 0 Å². The maximum atomic E-state index is 11.7. The van der Waals surface area contributed by atoms with Gasteiger partial charge in [-0.25, -0.2) is 4.79 Å². The Morgan fingerprint density at radius 1 is 1.16 bits per heavy atom. The number of hydrogen-bond donors (Lipinski definition) is 0. The monoisotopic (exact) mass is 346 g/mol. The Morgan fingerprint density at radius 2 is 2.00 bits per heavy atom. The summed E-state index contributed by atoms with van der Waals surface area (Å²) in [5.74, 6) is 0. The number of rotatable bonds is 7. The van der Waals surface area contributed by atoms with Crippen molar-refractivity contribution in [1.82, 2.24) is 9.80 Å². The van der Waals surface area contributed by atoms with Crippen molar-refractivity contribution in [1.29, 1.82) is 0 Å². The lowest BCUT2D eigenvalue weighted by atomic mass is 9.95. The maximum Gasteiger partial charge on any atom is 0.410 e. The lowest BCUT2D eigenvalue weighted by Gasteiger charge is -2.25. The van der Waals surface area contributed by atoms with Crippen LogP contribution in [0.1, 0.15) is 37.7 Å². The molecule has 1 atom stereocenters. The van der Waals surface area contributed by atoms with Crippen molar-refractivity contribution >= 4 is 6.09 Å². The predicted molar refractivity (Wildman–Crippen MR) is 97.5 cm³/mol. The Hall–Kier alpha value is -1.59. The van der Waals surface area contributed by atoms with E-state index < -0.39 is 0 Å². The highest BCUT2D eigenvalue weighted by Gasteiger charge is 2.44. The van der Waals surface area contributed by atoms with Gasteiger partial charge < -0.3 is 19.3 Å². The van der Waals surface area contributed by atoms with E-state index in [0.29, 0.717) is 6.61 Å². The molecule has 25 heavy (non-hydrogen) atoms. The second-order valence-corrected chi connectivity index (χ2v) is 7.35. The Labute approximate surface area is 150 Å². The maximum absolute atomic E-state index is 11.7. The molecule has 1 aromatic carbocycles. The molecule has 0 aromatic heterocycles. The molecule has 0 aliphatic carbocycles. The molecule has 0 bridgehead atoms. The largest absolute Gasteiger partial charge is 0.441 e. The third-order valence-corrected chi connectivity index (χ3v) is 5.26. The summed E-state index contributed by atoms with van der Waals surface area (Å²) in [4.78, 5) is 15.9. The molecule has 1 spiro atoms. The Balaban J connectivity index is 1.30. The van der Waals surface area contributed by atoms with Crippen LogP contribution < -0.4 is 0 Å². The van der Waals surface area contributed by atoms with Crippen LogP contribution in [0.4, 0.5) is 4.79 Å². The van der Waals surface area contributed by atoms with Gasteiger partial charge >= 0.3 is 6.09 Å². The molecule has 2 aliphatic rings. The van der Waals surface area contributed by atoms with Gasteiger partial charge in [0.2, 0.25) is 0 Å². The molecule has 138 valence electrons. The van der Waals surface area contributed by atoms with Crippen LogP contribution in [-0.4, -0.2) is 61.3 Å². The van der Waals surface area contributed by atoms with Gasteiger partial charge in [-0.3, -0.25) is 0 Å². The van der Waals surface area contributed by atoms with E-state index in [9.17, 15) is 4.79 Å². The predicted octanol–water partition coefficient (Wildman–Crippen LogP) is 3.29. The van der Waals surface area contributed by atoms with Gasteiger partial charge in [-0.2, -0.15) is 0 Å². The summed E-state index contributed by atoms with van der Waals surface area (Å²) in [6, 6.07) is 10.3. The number of hydrogen-bond acceptors (Lipinski definition) is 4. The Bertz CT molecular complexity index is 551. The van der Waals surface area contributed by atoms with Crippen LogP contribution in [-0.2, 0) is 16.1 Å². The molecular weight excluding hydrogens is 316 g/mol. The summed E-state index contributed by atoms with van der Waals surface area (Å²) in [7, 11) is 1.83. The third kappa shape index (κ3) is 5.19. The molecular formula is C20H30N2O3. The second-order valence-electron chi connectivity index (χ2n) is 7.35. The summed E-state index contributed by atoms with van der Waals surface area (Å²) in [5.41, 5.74) is 0.996. The number of carbonyl (C=O) groups excluding carboxylic acids is 1. The van der Waals surface area contributed by atoms with Crippen molar-refractivity contribution in [3.8, 4) is 0 Å². The number of amides is 1. The fraction of sp³-hybridized carbons (Fsp3) is 0.650. The first-order chi connectivity index (χ1) is 12.2. The number of unbranched alkanes of at least 4 members (excludes halogenated alkanes) is 1. The van der Waals surface area contributed by atoms with Crippen LogP contribution in [0.3, 0.4) is 0 Å². The molecule has 0 unspecified atom stereocenters. The average molecular weight is 346 g/mol. The van der Waals surface area contributed by atoms with E-state index in [0.717, 1.165) is 64.9 Å².